The summed E-state index contributed by atoms with van der Waals surface area (Å²) in [6.45, 7) is 12.1. The van der Waals surface area contributed by atoms with Crippen LogP contribution in [-0.2, 0) is 17.4 Å². The first-order valence-electron chi connectivity index (χ1n) is 9.37. The summed E-state index contributed by atoms with van der Waals surface area (Å²) in [5.41, 5.74) is 7.59. The third-order valence-electron chi connectivity index (χ3n) is 4.53. The van der Waals surface area contributed by atoms with Crippen molar-refractivity contribution < 1.29 is 34.7 Å². The van der Waals surface area contributed by atoms with E-state index in [1.54, 1.807) is 0 Å². The Morgan fingerprint density at radius 2 is 1.17 bits per heavy atom. The van der Waals surface area contributed by atoms with Crippen molar-refractivity contribution >= 4 is 8.60 Å². The highest BCUT2D eigenvalue weighted by atomic mass is 31.2. The first kappa shape index (κ1) is 28.2. The predicted molar refractivity (Wildman–Crippen MR) is 114 cm³/mol. The van der Waals surface area contributed by atoms with Crippen molar-refractivity contribution in [3.63, 3.8) is 0 Å². The lowest BCUT2D eigenvalue weighted by Crippen LogP contribution is -2.40. The van der Waals surface area contributed by atoms with Crippen molar-refractivity contribution in [2.75, 3.05) is 26.4 Å². The maximum atomic E-state index is 9.58. The smallest absolute Gasteiger partial charge is 0.324 e. The fraction of sp³-hybridized carbons (Fsp3) is 0.700. The summed E-state index contributed by atoms with van der Waals surface area (Å²) in [6.07, 6.45) is 0. The monoisotopic (exact) mass is 435 g/mol. The van der Waals surface area contributed by atoms with Crippen LogP contribution in [0.25, 0.3) is 0 Å². The lowest BCUT2D eigenvalue weighted by Gasteiger charge is -2.33. The van der Waals surface area contributed by atoms with E-state index in [0.717, 1.165) is 22.4 Å². The molecule has 29 heavy (non-hydrogen) atoms. The van der Waals surface area contributed by atoms with E-state index in [1.165, 1.54) is 0 Å². The largest absolute Gasteiger partial charge is 0.492 e. The van der Waals surface area contributed by atoms with Gasteiger partial charge in [-0.15, -0.1) is 0 Å². The molecule has 0 aliphatic rings. The Morgan fingerprint density at radius 3 is 1.41 bits per heavy atom. The Kier molecular flexibility index (Phi) is 11.2. The second kappa shape index (κ2) is 11.5. The molecule has 170 valence electrons. The van der Waals surface area contributed by atoms with Gasteiger partial charge in [-0.2, -0.15) is 0 Å². The number of rotatable bonds is 7. The topological polar surface area (TPSA) is 157 Å². The van der Waals surface area contributed by atoms with Gasteiger partial charge in [0.1, 0.15) is 12.4 Å². The zero-order valence-corrected chi connectivity index (χ0v) is 19.2. The van der Waals surface area contributed by atoms with Crippen LogP contribution in [0.4, 0.5) is 0 Å². The highest BCUT2D eigenvalue weighted by Crippen LogP contribution is 2.41. The van der Waals surface area contributed by atoms with Gasteiger partial charge in [-0.25, -0.2) is 0 Å². The van der Waals surface area contributed by atoms with Crippen molar-refractivity contribution in [1.29, 1.82) is 0 Å². The second-order valence-electron chi connectivity index (χ2n) is 9.26. The van der Waals surface area contributed by atoms with Gasteiger partial charge < -0.3 is 40.5 Å². The molecule has 0 aliphatic carbocycles. The van der Waals surface area contributed by atoms with Gasteiger partial charge >= 0.3 is 8.60 Å². The summed E-state index contributed by atoms with van der Waals surface area (Å²) in [7, 11) is -2.62. The molecule has 1 aromatic carbocycles. The molecule has 0 bridgehead atoms. The van der Waals surface area contributed by atoms with Crippen LogP contribution in [-0.4, -0.2) is 56.4 Å². The molecule has 0 saturated carbocycles. The lowest BCUT2D eigenvalue weighted by molar-refractivity contribution is -0.0265. The van der Waals surface area contributed by atoms with Crippen LogP contribution in [0.2, 0.25) is 0 Å². The Bertz CT molecular complexity index is 574. The number of ether oxygens (including phenoxy) is 1. The van der Waals surface area contributed by atoms with Gasteiger partial charge in [0.2, 0.25) is 0 Å². The Morgan fingerprint density at radius 1 is 0.828 bits per heavy atom. The van der Waals surface area contributed by atoms with Gasteiger partial charge in [0.15, 0.2) is 0 Å². The number of hydrogen-bond donors (Lipinski definition) is 7. The fourth-order valence-electron chi connectivity index (χ4n) is 2.59. The van der Waals surface area contributed by atoms with Crippen molar-refractivity contribution in [3.8, 4) is 5.75 Å². The van der Waals surface area contributed by atoms with Crippen molar-refractivity contribution in [3.05, 3.63) is 28.8 Å². The molecule has 1 rings (SSSR count). The summed E-state index contributed by atoms with van der Waals surface area (Å²) in [5, 5.41) is 28.7. The molecule has 0 radical (unpaired) electrons. The Balaban J connectivity index is 0.00000178. The molecule has 8 N–H and O–H groups in total. The summed E-state index contributed by atoms with van der Waals surface area (Å²) in [4.78, 5) is 21.7. The van der Waals surface area contributed by atoms with Crippen molar-refractivity contribution in [2.45, 2.75) is 58.9 Å². The van der Waals surface area contributed by atoms with Crippen LogP contribution >= 0.6 is 8.60 Å². The normalized spacial score (nSPS) is 12.6. The third kappa shape index (κ3) is 8.82. The van der Waals surface area contributed by atoms with E-state index in [1.807, 2.05) is 0 Å². The van der Waals surface area contributed by atoms with Gasteiger partial charge in [0.05, 0.1) is 25.2 Å². The minimum absolute atomic E-state index is 0.0324. The van der Waals surface area contributed by atoms with E-state index < -0.39 is 14.0 Å². The highest BCUT2D eigenvalue weighted by Gasteiger charge is 2.33. The van der Waals surface area contributed by atoms with E-state index in [0.29, 0.717) is 6.54 Å². The summed E-state index contributed by atoms with van der Waals surface area (Å²) < 4.78 is 6.14. The number of nitrogens with two attached hydrogens (primary N) is 1. The second-order valence-corrected chi connectivity index (χ2v) is 9.79. The van der Waals surface area contributed by atoms with E-state index in [4.69, 9.17) is 25.2 Å². The summed E-state index contributed by atoms with van der Waals surface area (Å²) >= 11 is 0. The molecular weight excluding hydrogens is 397 g/mol. The van der Waals surface area contributed by atoms with Gasteiger partial charge in [-0.1, -0.05) is 53.7 Å². The molecule has 0 aromatic heterocycles. The first-order valence-corrected chi connectivity index (χ1v) is 10.6. The third-order valence-corrected chi connectivity index (χ3v) is 4.53. The molecule has 0 amide bonds. The maximum Gasteiger partial charge on any atom is 0.324 e. The SMILES string of the molecule is CC(C)(C)c1cc(CN)cc(C(C)(C)C)c1OCC(CO)(CO)CO.OP(O)O. The molecule has 0 spiro atoms. The molecule has 9 heteroatoms. The predicted octanol–water partition coefficient (Wildman–Crippen LogP) is 1.27. The Hall–Kier alpha value is -0.830. The van der Waals surface area contributed by atoms with Crippen LogP contribution in [0, 0.1) is 5.41 Å². The lowest BCUT2D eigenvalue weighted by atomic mass is 9.78. The van der Waals surface area contributed by atoms with E-state index in [9.17, 15) is 15.3 Å². The van der Waals surface area contributed by atoms with Crippen molar-refractivity contribution in [2.24, 2.45) is 11.1 Å². The van der Waals surface area contributed by atoms with Gasteiger partial charge in [-0.05, 0) is 16.4 Å². The minimum atomic E-state index is -2.62. The van der Waals surface area contributed by atoms with Gasteiger partial charge in [-0.3, -0.25) is 0 Å². The number of hydrogen-bond acceptors (Lipinski definition) is 8. The quantitative estimate of drug-likeness (QED) is 0.316. The zero-order valence-electron chi connectivity index (χ0n) is 18.3. The average molecular weight is 435 g/mol. The van der Waals surface area contributed by atoms with Crippen LogP contribution < -0.4 is 10.5 Å². The van der Waals surface area contributed by atoms with Crippen molar-refractivity contribution in [1.82, 2.24) is 0 Å². The van der Waals surface area contributed by atoms with E-state index in [2.05, 4.69) is 53.7 Å². The minimum Gasteiger partial charge on any atom is -0.492 e. The molecule has 0 saturated heterocycles. The van der Waals surface area contributed by atoms with Gasteiger partial charge in [0, 0.05) is 17.7 Å². The zero-order chi connectivity index (χ0) is 23.0. The van der Waals surface area contributed by atoms with E-state index in [-0.39, 0.29) is 37.3 Å². The highest BCUT2D eigenvalue weighted by molar-refractivity contribution is 7.38. The molecule has 0 heterocycles. The molecule has 0 fully saturated rings. The first-order chi connectivity index (χ1) is 13.2. The molecular formula is C20H38NO7P. The molecule has 0 atom stereocenters. The Labute approximate surface area is 175 Å². The molecule has 0 aliphatic heterocycles. The number of benzene rings is 1. The van der Waals surface area contributed by atoms with Crippen LogP contribution in [0.1, 0.15) is 58.2 Å². The number of aliphatic hydroxyl groups is 3. The standard InChI is InChI=1S/C20H35NO4.H3O3P/c1-18(2,3)15-7-14(9-21)8-16(19(4,5)6)17(15)25-13-20(10-22,11-23)12-24;1-4(2)3/h7-8,22-24H,9-13,21H2,1-6H3;1-3H. The van der Waals surface area contributed by atoms with Crippen LogP contribution in [0.15, 0.2) is 12.1 Å². The van der Waals surface area contributed by atoms with Gasteiger partial charge in [0.25, 0.3) is 0 Å². The molecule has 0 unspecified atom stereocenters. The van der Waals surface area contributed by atoms with Crippen LogP contribution in [0.3, 0.4) is 0 Å². The number of aliphatic hydroxyl groups excluding tert-OH is 3. The maximum absolute atomic E-state index is 9.58. The fourth-order valence-corrected chi connectivity index (χ4v) is 2.59. The summed E-state index contributed by atoms with van der Waals surface area (Å²) in [5.74, 6) is 0.747. The summed E-state index contributed by atoms with van der Waals surface area (Å²) in [6, 6.07) is 4.12. The van der Waals surface area contributed by atoms with E-state index >= 15 is 0 Å². The van der Waals surface area contributed by atoms with Crippen LogP contribution in [0.5, 0.6) is 5.75 Å². The molecule has 1 aromatic rings. The molecule has 8 nitrogen and oxygen atoms in total. The average Bonchev–Trinajstić information content (AvgIpc) is 2.60.